The van der Waals surface area contributed by atoms with Crippen LogP contribution in [0.2, 0.25) is 0 Å². The molecule has 1 heterocycles. The van der Waals surface area contributed by atoms with Crippen molar-refractivity contribution >= 4 is 21.6 Å². The molecule has 3 rings (SSSR count). The molecule has 2 aromatic carbocycles. The minimum Gasteiger partial charge on any atom is -0.322 e. The molecule has 0 spiro atoms. The highest BCUT2D eigenvalue weighted by Gasteiger charge is 2.28. The van der Waals surface area contributed by atoms with Crippen LogP contribution in [0.4, 0.5) is 5.69 Å². The highest BCUT2D eigenvalue weighted by atomic mass is 32.2. The molecule has 0 radical (unpaired) electrons. The Morgan fingerprint density at radius 3 is 2.28 bits per heavy atom. The summed E-state index contributed by atoms with van der Waals surface area (Å²) < 4.78 is 27.5. The van der Waals surface area contributed by atoms with Crippen molar-refractivity contribution in [3.63, 3.8) is 0 Å². The molecule has 7 heteroatoms. The van der Waals surface area contributed by atoms with Crippen molar-refractivity contribution in [3.8, 4) is 0 Å². The highest BCUT2D eigenvalue weighted by Crippen LogP contribution is 2.22. The monoisotopic (exact) mass is 415 g/mol. The van der Waals surface area contributed by atoms with Crippen molar-refractivity contribution in [2.24, 2.45) is 0 Å². The summed E-state index contributed by atoms with van der Waals surface area (Å²) in [5.41, 5.74) is 2.17. The van der Waals surface area contributed by atoms with Gasteiger partial charge in [-0.25, -0.2) is 8.42 Å². The van der Waals surface area contributed by atoms with Gasteiger partial charge in [-0.1, -0.05) is 39.0 Å². The predicted molar refractivity (Wildman–Crippen MR) is 116 cm³/mol. The van der Waals surface area contributed by atoms with Gasteiger partial charge in [0, 0.05) is 37.4 Å². The number of nitrogens with one attached hydrogen (secondary N) is 1. The fourth-order valence-corrected chi connectivity index (χ4v) is 4.86. The van der Waals surface area contributed by atoms with Gasteiger partial charge in [-0.2, -0.15) is 4.31 Å². The van der Waals surface area contributed by atoms with E-state index < -0.39 is 10.0 Å². The standard InChI is InChI=1S/C22H29N3O3S/c1-4-24-12-14-25(15-13-24)29(27,28)21-7-5-6-20(16-21)23-22(26)19-10-8-18(9-11-19)17(2)3/h5-11,16-17H,4,12-15H2,1-3H3,(H,23,26). The fourth-order valence-electron chi connectivity index (χ4n) is 3.39. The Labute approximate surface area is 173 Å². The quantitative estimate of drug-likeness (QED) is 0.785. The zero-order valence-electron chi connectivity index (χ0n) is 17.3. The molecule has 29 heavy (non-hydrogen) atoms. The molecule has 0 bridgehead atoms. The molecule has 6 nitrogen and oxygen atoms in total. The van der Waals surface area contributed by atoms with E-state index in [-0.39, 0.29) is 10.8 Å². The van der Waals surface area contributed by atoms with Crippen molar-refractivity contribution < 1.29 is 13.2 Å². The van der Waals surface area contributed by atoms with E-state index in [0.29, 0.717) is 30.3 Å². The van der Waals surface area contributed by atoms with Gasteiger partial charge in [0.1, 0.15) is 0 Å². The Morgan fingerprint density at radius 2 is 1.69 bits per heavy atom. The topological polar surface area (TPSA) is 69.7 Å². The van der Waals surface area contributed by atoms with E-state index in [1.807, 2.05) is 12.1 Å². The average Bonchev–Trinajstić information content (AvgIpc) is 2.74. The number of anilines is 1. The van der Waals surface area contributed by atoms with Crippen molar-refractivity contribution in [1.29, 1.82) is 0 Å². The molecule has 1 aliphatic heterocycles. The van der Waals surface area contributed by atoms with Crippen LogP contribution < -0.4 is 5.32 Å². The van der Waals surface area contributed by atoms with Gasteiger partial charge in [-0.15, -0.1) is 0 Å². The average molecular weight is 416 g/mol. The maximum atomic E-state index is 13.0. The van der Waals surface area contributed by atoms with Crippen LogP contribution in [-0.2, 0) is 10.0 Å². The molecule has 1 saturated heterocycles. The molecule has 1 aliphatic rings. The highest BCUT2D eigenvalue weighted by molar-refractivity contribution is 7.89. The van der Waals surface area contributed by atoms with E-state index in [0.717, 1.165) is 25.2 Å². The minimum atomic E-state index is -3.58. The molecule has 156 valence electrons. The number of likely N-dealkylation sites (N-methyl/N-ethyl adjacent to an activating group) is 1. The first-order valence-electron chi connectivity index (χ1n) is 10.0. The molecular weight excluding hydrogens is 386 g/mol. The predicted octanol–water partition coefficient (Wildman–Crippen LogP) is 3.39. The summed E-state index contributed by atoms with van der Waals surface area (Å²) in [4.78, 5) is 15.0. The number of carbonyl (C=O) groups is 1. The summed E-state index contributed by atoms with van der Waals surface area (Å²) in [6, 6.07) is 13.9. The molecule has 0 unspecified atom stereocenters. The lowest BCUT2D eigenvalue weighted by Crippen LogP contribution is -2.48. The van der Waals surface area contributed by atoms with E-state index >= 15 is 0 Å². The van der Waals surface area contributed by atoms with E-state index in [1.54, 1.807) is 30.3 Å². The lowest BCUT2D eigenvalue weighted by Gasteiger charge is -2.33. The third kappa shape index (κ3) is 5.04. The Balaban J connectivity index is 1.73. The van der Waals surface area contributed by atoms with E-state index in [1.165, 1.54) is 10.4 Å². The van der Waals surface area contributed by atoms with Crippen LogP contribution in [-0.4, -0.2) is 56.3 Å². The van der Waals surface area contributed by atoms with Crippen LogP contribution >= 0.6 is 0 Å². The molecule has 0 aromatic heterocycles. The number of piperazine rings is 1. The first kappa shape index (κ1) is 21.5. The second-order valence-electron chi connectivity index (χ2n) is 7.60. The number of rotatable bonds is 6. The number of benzene rings is 2. The van der Waals surface area contributed by atoms with Gasteiger partial charge in [-0.3, -0.25) is 4.79 Å². The van der Waals surface area contributed by atoms with Crippen LogP contribution in [0.5, 0.6) is 0 Å². The van der Waals surface area contributed by atoms with Crippen LogP contribution in [0.1, 0.15) is 42.6 Å². The van der Waals surface area contributed by atoms with Crippen molar-refractivity contribution in [3.05, 3.63) is 59.7 Å². The maximum Gasteiger partial charge on any atom is 0.255 e. The van der Waals surface area contributed by atoms with Gasteiger partial charge in [0.05, 0.1) is 4.90 Å². The smallest absolute Gasteiger partial charge is 0.255 e. The van der Waals surface area contributed by atoms with E-state index in [2.05, 4.69) is 31.0 Å². The molecule has 0 aliphatic carbocycles. The van der Waals surface area contributed by atoms with Gasteiger partial charge in [-0.05, 0) is 48.4 Å². The van der Waals surface area contributed by atoms with Gasteiger partial charge in [0.15, 0.2) is 0 Å². The number of carbonyl (C=O) groups excluding carboxylic acids is 1. The summed E-state index contributed by atoms with van der Waals surface area (Å²) >= 11 is 0. The summed E-state index contributed by atoms with van der Waals surface area (Å²) in [6.07, 6.45) is 0. The third-order valence-electron chi connectivity index (χ3n) is 5.35. The summed E-state index contributed by atoms with van der Waals surface area (Å²) in [7, 11) is -3.58. The second kappa shape index (κ2) is 9.07. The van der Waals surface area contributed by atoms with E-state index in [9.17, 15) is 13.2 Å². The van der Waals surface area contributed by atoms with Gasteiger partial charge < -0.3 is 10.2 Å². The Kier molecular flexibility index (Phi) is 6.72. The SMILES string of the molecule is CCN1CCN(S(=O)(=O)c2cccc(NC(=O)c3ccc(C(C)C)cc3)c2)CC1. The zero-order valence-corrected chi connectivity index (χ0v) is 18.1. The van der Waals surface area contributed by atoms with Gasteiger partial charge >= 0.3 is 0 Å². The van der Waals surface area contributed by atoms with E-state index in [4.69, 9.17) is 0 Å². The molecule has 1 fully saturated rings. The number of hydrogen-bond donors (Lipinski definition) is 1. The first-order chi connectivity index (χ1) is 13.8. The minimum absolute atomic E-state index is 0.204. The van der Waals surface area contributed by atoms with Crippen LogP contribution in [0, 0.1) is 0 Å². The summed E-state index contributed by atoms with van der Waals surface area (Å²) in [5, 5.41) is 2.81. The molecule has 1 N–H and O–H groups in total. The Bertz CT molecular complexity index is 948. The molecule has 0 saturated carbocycles. The molecule has 1 amide bonds. The second-order valence-corrected chi connectivity index (χ2v) is 9.53. The van der Waals surface area contributed by atoms with Gasteiger partial charge in [0.2, 0.25) is 10.0 Å². The molecular formula is C22H29N3O3S. The summed E-state index contributed by atoms with van der Waals surface area (Å²) in [5.74, 6) is 0.139. The van der Waals surface area contributed by atoms with Crippen molar-refractivity contribution in [1.82, 2.24) is 9.21 Å². The van der Waals surface area contributed by atoms with Crippen LogP contribution in [0.15, 0.2) is 53.4 Å². The van der Waals surface area contributed by atoms with Crippen molar-refractivity contribution in [2.45, 2.75) is 31.6 Å². The third-order valence-corrected chi connectivity index (χ3v) is 7.24. The fraction of sp³-hybridized carbons (Fsp3) is 0.409. The first-order valence-corrected chi connectivity index (χ1v) is 11.5. The number of amides is 1. The Morgan fingerprint density at radius 1 is 1.03 bits per heavy atom. The lowest BCUT2D eigenvalue weighted by molar-refractivity contribution is 0.102. The number of nitrogens with zero attached hydrogens (tertiary/aromatic N) is 2. The zero-order chi connectivity index (χ0) is 21.0. The number of hydrogen-bond acceptors (Lipinski definition) is 4. The lowest BCUT2D eigenvalue weighted by atomic mass is 10.0. The van der Waals surface area contributed by atoms with Crippen molar-refractivity contribution in [2.75, 3.05) is 38.0 Å². The number of sulfonamides is 1. The molecule has 2 aromatic rings. The van der Waals surface area contributed by atoms with Gasteiger partial charge in [0.25, 0.3) is 5.91 Å². The van der Waals surface area contributed by atoms with Crippen LogP contribution in [0.3, 0.4) is 0 Å². The normalized spacial score (nSPS) is 16.1. The largest absolute Gasteiger partial charge is 0.322 e. The van der Waals surface area contributed by atoms with Crippen LogP contribution in [0.25, 0.3) is 0 Å². The maximum absolute atomic E-state index is 13.0. The molecule has 0 atom stereocenters. The Hall–Kier alpha value is -2.22. The summed E-state index contributed by atoms with van der Waals surface area (Å²) in [6.45, 7) is 9.63.